The highest BCUT2D eigenvalue weighted by Crippen LogP contribution is 2.20. The van der Waals surface area contributed by atoms with Crippen LogP contribution in [0.4, 0.5) is 11.4 Å². The van der Waals surface area contributed by atoms with E-state index in [1.165, 1.54) is 33.6 Å². The fourth-order valence-corrected chi connectivity index (χ4v) is 7.87. The molecule has 0 spiro atoms. The molecule has 0 unspecified atom stereocenters. The molecule has 0 aliphatic carbocycles. The number of halogens is 2. The lowest BCUT2D eigenvalue weighted by molar-refractivity contribution is -0.697. The van der Waals surface area contributed by atoms with Crippen LogP contribution in [0.1, 0.15) is 35.1 Å². The van der Waals surface area contributed by atoms with Gasteiger partial charge in [-0.1, -0.05) is 48.5 Å². The minimum absolute atomic E-state index is 0. The first kappa shape index (κ1) is 51.5. The first-order valence-electron chi connectivity index (χ1n) is 23.0. The molecule has 9 heterocycles. The molecule has 0 N–H and O–H groups in total. The molecule has 352 valence electrons. The van der Waals surface area contributed by atoms with Crippen LogP contribution in [-0.2, 0) is 25.9 Å². The topological polar surface area (TPSA) is 57.6 Å². The molecule has 4 aromatic carbocycles. The van der Waals surface area contributed by atoms with E-state index in [1.807, 2.05) is 0 Å². The minimum Gasteiger partial charge on any atom is -1.00 e. The average Bonchev–Trinajstić information content (AvgIpc) is 3.31. The molecule has 10 nitrogen and oxygen atoms in total. The summed E-state index contributed by atoms with van der Waals surface area (Å²) in [6.07, 6.45) is 12.4. The molecular weight excluding hydrogens is 868 g/mol. The van der Waals surface area contributed by atoms with E-state index in [1.54, 1.807) is 0 Å². The Morgan fingerprint density at radius 2 is 0.652 bits per heavy atom. The molecule has 6 aromatic rings. The summed E-state index contributed by atoms with van der Waals surface area (Å²) in [7, 11) is 8.28. The molecule has 0 radical (unpaired) electrons. The summed E-state index contributed by atoms with van der Waals surface area (Å²) >= 11 is 0. The Morgan fingerprint density at radius 1 is 0.394 bits per heavy atom. The van der Waals surface area contributed by atoms with Gasteiger partial charge in [0.15, 0.2) is 24.8 Å². The number of benzene rings is 4. The van der Waals surface area contributed by atoms with E-state index in [2.05, 4.69) is 203 Å². The van der Waals surface area contributed by atoms with E-state index in [-0.39, 0.29) is 24.8 Å². The summed E-state index contributed by atoms with van der Waals surface area (Å²) in [5, 5.41) is 0. The SMILES string of the molecule is CN(C)c1cc[n+](CCCN2CCOc3ccc(cc3)Cc3ccc(cc3)OCCN(CCC[n+]3ccc(N(C)C)cc3)CCOc3ccc(cc3)Cc3ccc(cc3)OCC2)cc1.[Cl-].[Cl-]. The second kappa shape index (κ2) is 27.2. The van der Waals surface area contributed by atoms with Crippen LogP contribution >= 0.6 is 0 Å². The molecule has 66 heavy (non-hydrogen) atoms. The van der Waals surface area contributed by atoms with Crippen LogP contribution in [-0.4, -0.2) is 104 Å². The van der Waals surface area contributed by atoms with Gasteiger partial charge in [0.25, 0.3) is 0 Å². The third-order valence-electron chi connectivity index (χ3n) is 11.8. The smallest absolute Gasteiger partial charge is 0.170 e. The molecule has 0 fully saturated rings. The van der Waals surface area contributed by atoms with Gasteiger partial charge < -0.3 is 53.6 Å². The van der Waals surface area contributed by atoms with Crippen molar-refractivity contribution in [2.45, 2.75) is 38.8 Å². The molecule has 0 saturated carbocycles. The van der Waals surface area contributed by atoms with Crippen molar-refractivity contribution in [3.63, 3.8) is 0 Å². The van der Waals surface area contributed by atoms with E-state index in [0.29, 0.717) is 26.4 Å². The van der Waals surface area contributed by atoms with Gasteiger partial charge in [0.2, 0.25) is 0 Å². The largest absolute Gasteiger partial charge is 1.00 e. The van der Waals surface area contributed by atoms with Crippen molar-refractivity contribution in [2.24, 2.45) is 0 Å². The van der Waals surface area contributed by atoms with Crippen LogP contribution in [0.3, 0.4) is 0 Å². The van der Waals surface area contributed by atoms with Gasteiger partial charge in [0.1, 0.15) is 62.5 Å². The van der Waals surface area contributed by atoms with Crippen LogP contribution < -0.4 is 62.7 Å². The maximum atomic E-state index is 6.29. The number of hydrogen-bond donors (Lipinski definition) is 0. The lowest BCUT2D eigenvalue weighted by atomic mass is 10.0. The summed E-state index contributed by atoms with van der Waals surface area (Å²) in [5.41, 5.74) is 7.39. The summed E-state index contributed by atoms with van der Waals surface area (Å²) in [6, 6.07) is 42.7. The Labute approximate surface area is 406 Å². The van der Waals surface area contributed by atoms with Gasteiger partial charge in [-0.2, -0.15) is 0 Å². The number of anilines is 2. The standard InChI is InChI=1S/C54H68N6O4.2ClH/c1-55(2)49-23-31-57(32-24-49)27-5-29-59-35-39-61-51-15-7-45(8-16-51)43-47-11-19-53(20-12-47)63-41-37-60(30-6-28-58-33-25-50(26-34-58)56(3)4)38-42-64-54-21-13-48(14-22-54)44-46-9-17-52(18-10-46)62-40-36-59;;/h7-26,31-34H,5-6,27-30,35-44H2,1-4H3;2*1H/q+2;;/p-2. The molecule has 0 amide bonds. The van der Waals surface area contributed by atoms with Crippen molar-refractivity contribution in [2.75, 3.05) is 104 Å². The van der Waals surface area contributed by atoms with E-state index in [9.17, 15) is 0 Å². The third-order valence-corrected chi connectivity index (χ3v) is 11.8. The monoisotopic (exact) mass is 934 g/mol. The minimum atomic E-state index is 0. The Balaban J connectivity index is 0.00000408. The average molecular weight is 936 g/mol. The first-order chi connectivity index (χ1) is 31.3. The predicted molar refractivity (Wildman–Crippen MR) is 257 cm³/mol. The van der Waals surface area contributed by atoms with Gasteiger partial charge in [-0.25, -0.2) is 9.13 Å². The molecule has 2 aromatic heterocycles. The van der Waals surface area contributed by atoms with E-state index >= 15 is 0 Å². The van der Waals surface area contributed by atoms with Gasteiger partial charge in [-0.3, -0.25) is 9.80 Å². The molecule has 12 heteroatoms. The van der Waals surface area contributed by atoms with E-state index < -0.39 is 0 Å². The Kier molecular flexibility index (Phi) is 21.2. The first-order valence-corrected chi connectivity index (χ1v) is 23.0. The number of aryl methyl sites for hydroxylation is 2. The van der Waals surface area contributed by atoms with Crippen molar-refractivity contribution in [1.29, 1.82) is 0 Å². The van der Waals surface area contributed by atoms with Crippen molar-refractivity contribution in [3.8, 4) is 23.0 Å². The van der Waals surface area contributed by atoms with Gasteiger partial charge >= 0.3 is 0 Å². The number of aromatic nitrogens is 2. The van der Waals surface area contributed by atoms with Crippen LogP contribution in [0.5, 0.6) is 23.0 Å². The van der Waals surface area contributed by atoms with Crippen LogP contribution in [0.25, 0.3) is 0 Å². The van der Waals surface area contributed by atoms with Crippen LogP contribution in [0.2, 0.25) is 0 Å². The molecule has 7 aliphatic rings. The Morgan fingerprint density at radius 3 is 0.894 bits per heavy atom. The quantitative estimate of drug-likeness (QED) is 0.193. The van der Waals surface area contributed by atoms with Crippen LogP contribution in [0, 0.1) is 0 Å². The second-order valence-corrected chi connectivity index (χ2v) is 17.1. The molecule has 7 aliphatic heterocycles. The molecule has 8 bridgehead atoms. The zero-order valence-electron chi connectivity index (χ0n) is 39.2. The molecular formula is C54H68Cl2N6O4. The lowest BCUT2D eigenvalue weighted by Crippen LogP contribution is -3.00. The summed E-state index contributed by atoms with van der Waals surface area (Å²) < 4.78 is 29.7. The van der Waals surface area contributed by atoms with Gasteiger partial charge in [-0.15, -0.1) is 0 Å². The third kappa shape index (κ3) is 17.0. The highest BCUT2D eigenvalue weighted by molar-refractivity contribution is 5.42. The zero-order valence-corrected chi connectivity index (χ0v) is 40.8. The normalized spacial score (nSPS) is 14.2. The Bertz CT molecular complexity index is 1980. The zero-order chi connectivity index (χ0) is 44.4. The van der Waals surface area contributed by atoms with Gasteiger partial charge in [0, 0.05) is 116 Å². The highest BCUT2D eigenvalue weighted by Gasteiger charge is 2.12. The van der Waals surface area contributed by atoms with Gasteiger partial charge in [-0.05, 0) is 83.6 Å². The predicted octanol–water partition coefficient (Wildman–Crippen LogP) is 1.60. The van der Waals surface area contributed by atoms with Crippen molar-refractivity contribution in [1.82, 2.24) is 9.80 Å². The maximum Gasteiger partial charge on any atom is 0.170 e. The maximum absolute atomic E-state index is 6.29. The molecule has 13 rings (SSSR count). The van der Waals surface area contributed by atoms with Crippen molar-refractivity contribution < 1.29 is 52.9 Å². The number of ether oxygens (including phenoxy) is 4. The fourth-order valence-electron chi connectivity index (χ4n) is 7.87. The van der Waals surface area contributed by atoms with Gasteiger partial charge in [0.05, 0.1) is 0 Å². The molecule has 0 atom stereocenters. The van der Waals surface area contributed by atoms with Crippen LogP contribution in [0.15, 0.2) is 146 Å². The summed E-state index contributed by atoms with van der Waals surface area (Å²) in [6.45, 7) is 9.49. The van der Waals surface area contributed by atoms with Crippen molar-refractivity contribution >= 4 is 11.4 Å². The summed E-state index contributed by atoms with van der Waals surface area (Å²) in [5.74, 6) is 3.56. The van der Waals surface area contributed by atoms with E-state index in [4.69, 9.17) is 18.9 Å². The summed E-state index contributed by atoms with van der Waals surface area (Å²) in [4.78, 5) is 9.15. The Hall–Kier alpha value is -5.52. The van der Waals surface area contributed by atoms with E-state index in [0.717, 1.165) is 101 Å². The number of nitrogens with zero attached hydrogens (tertiary/aromatic N) is 6. The second-order valence-electron chi connectivity index (χ2n) is 17.1. The highest BCUT2D eigenvalue weighted by atomic mass is 35.5. The fraction of sp³-hybridized carbons (Fsp3) is 0.370. The number of pyridine rings is 2. The lowest BCUT2D eigenvalue weighted by Gasteiger charge is -2.22. The number of rotatable bonds is 10. The van der Waals surface area contributed by atoms with Crippen molar-refractivity contribution in [3.05, 3.63) is 168 Å². The molecule has 0 saturated heterocycles. The number of hydrogen-bond acceptors (Lipinski definition) is 8.